The minimum Gasteiger partial charge on any atom is -0.422 e. The summed E-state index contributed by atoms with van der Waals surface area (Å²) in [6, 6.07) is 9.67. The van der Waals surface area contributed by atoms with Gasteiger partial charge in [0.05, 0.1) is 17.8 Å². The Morgan fingerprint density at radius 2 is 2.04 bits per heavy atom. The molecule has 0 saturated carbocycles. The molecule has 0 saturated heterocycles. The van der Waals surface area contributed by atoms with Crippen LogP contribution in [0.4, 0.5) is 17.7 Å². The van der Waals surface area contributed by atoms with E-state index in [9.17, 15) is 0 Å². The lowest BCUT2D eigenvalue weighted by Crippen LogP contribution is -2.22. The summed E-state index contributed by atoms with van der Waals surface area (Å²) in [5, 5.41) is 3.71. The molecule has 0 radical (unpaired) electrons. The quantitative estimate of drug-likeness (QED) is 0.690. The molecule has 130 valence electrons. The molecule has 3 rings (SSSR count). The molecule has 3 heterocycles. The number of rotatable bonds is 7. The number of nitrogens with zero attached hydrogens (tertiary/aromatic N) is 4. The Hall–Kier alpha value is -2.64. The summed E-state index contributed by atoms with van der Waals surface area (Å²) in [7, 11) is 3.55. The molecular formula is C17H18ClN5O2. The van der Waals surface area contributed by atoms with Crippen LogP contribution in [0.3, 0.4) is 0 Å². The molecule has 3 aromatic rings. The van der Waals surface area contributed by atoms with Crippen LogP contribution in [0.1, 0.15) is 0 Å². The van der Waals surface area contributed by atoms with E-state index in [-0.39, 0.29) is 0 Å². The Kier molecular flexibility index (Phi) is 5.47. The van der Waals surface area contributed by atoms with Gasteiger partial charge in [-0.2, -0.15) is 0 Å². The summed E-state index contributed by atoms with van der Waals surface area (Å²) in [6.45, 7) is 1.29. The highest BCUT2D eigenvalue weighted by Crippen LogP contribution is 2.24. The SMILES string of the molecule is COCCN(C)c1ncc(-c2cccc(Nc3ccc(Cl)cn3)n2)o1. The standard InChI is InChI=1S/C17H18ClN5O2/c1-23(8-9-24-2)17-20-11-14(25-17)13-4-3-5-16(21-13)22-15-7-6-12(18)10-19-15/h3-7,10-11H,8-9H2,1-2H3,(H,19,21,22). The van der Waals surface area contributed by atoms with E-state index in [4.69, 9.17) is 20.8 Å². The zero-order valence-corrected chi connectivity index (χ0v) is 14.7. The van der Waals surface area contributed by atoms with Crippen LogP contribution in [0, 0.1) is 0 Å². The first-order chi connectivity index (χ1) is 12.2. The molecule has 0 bridgehead atoms. The summed E-state index contributed by atoms with van der Waals surface area (Å²) >= 11 is 5.84. The second-order valence-corrected chi connectivity index (χ2v) is 5.75. The van der Waals surface area contributed by atoms with E-state index < -0.39 is 0 Å². The lowest BCUT2D eigenvalue weighted by atomic mass is 10.3. The molecule has 0 amide bonds. The van der Waals surface area contributed by atoms with Crippen molar-refractivity contribution in [3.8, 4) is 11.5 Å². The molecule has 0 unspecified atom stereocenters. The Bertz CT molecular complexity index is 822. The maximum Gasteiger partial charge on any atom is 0.297 e. The Balaban J connectivity index is 1.75. The van der Waals surface area contributed by atoms with Crippen LogP contribution in [0.5, 0.6) is 0 Å². The number of oxazole rings is 1. The molecule has 0 aliphatic rings. The van der Waals surface area contributed by atoms with Gasteiger partial charge in [-0.15, -0.1) is 0 Å². The molecule has 0 atom stereocenters. The van der Waals surface area contributed by atoms with Crippen LogP contribution >= 0.6 is 11.6 Å². The summed E-state index contributed by atoms with van der Waals surface area (Å²) < 4.78 is 10.8. The number of methoxy groups -OCH3 is 1. The molecule has 0 aromatic carbocycles. The Morgan fingerprint density at radius 1 is 1.16 bits per heavy atom. The lowest BCUT2D eigenvalue weighted by molar-refractivity contribution is 0.205. The molecular weight excluding hydrogens is 342 g/mol. The number of aromatic nitrogens is 3. The van der Waals surface area contributed by atoms with Gasteiger partial charge in [0, 0.05) is 26.9 Å². The fraction of sp³-hybridized carbons (Fsp3) is 0.235. The molecule has 3 aromatic heterocycles. The van der Waals surface area contributed by atoms with E-state index in [0.717, 1.165) is 0 Å². The Labute approximate surface area is 150 Å². The zero-order chi connectivity index (χ0) is 17.6. The highest BCUT2D eigenvalue weighted by atomic mass is 35.5. The van der Waals surface area contributed by atoms with E-state index in [2.05, 4.69) is 20.3 Å². The minimum atomic E-state index is 0.520. The van der Waals surface area contributed by atoms with Gasteiger partial charge in [0.2, 0.25) is 0 Å². The monoisotopic (exact) mass is 359 g/mol. The fourth-order valence-corrected chi connectivity index (χ4v) is 2.22. The molecule has 0 fully saturated rings. The van der Waals surface area contributed by atoms with Gasteiger partial charge < -0.3 is 19.4 Å². The van der Waals surface area contributed by atoms with Crippen molar-refractivity contribution in [1.29, 1.82) is 0 Å². The number of hydrogen-bond donors (Lipinski definition) is 1. The molecule has 0 aliphatic heterocycles. The number of likely N-dealkylation sites (N-methyl/N-ethyl adjacent to an activating group) is 1. The highest BCUT2D eigenvalue weighted by Gasteiger charge is 2.12. The van der Waals surface area contributed by atoms with Crippen LogP contribution in [-0.4, -0.2) is 42.3 Å². The maximum atomic E-state index is 5.84. The first kappa shape index (κ1) is 17.2. The molecule has 8 heteroatoms. The van der Waals surface area contributed by atoms with Crippen molar-refractivity contribution in [3.05, 3.63) is 47.7 Å². The average molecular weight is 360 g/mol. The minimum absolute atomic E-state index is 0.520. The fourth-order valence-electron chi connectivity index (χ4n) is 2.11. The predicted octanol–water partition coefficient (Wildman–Crippen LogP) is 3.61. The molecule has 1 N–H and O–H groups in total. The second-order valence-electron chi connectivity index (χ2n) is 5.32. The smallest absolute Gasteiger partial charge is 0.297 e. The van der Waals surface area contributed by atoms with Crippen molar-refractivity contribution in [2.75, 3.05) is 37.5 Å². The summed E-state index contributed by atoms with van der Waals surface area (Å²) in [5.41, 5.74) is 0.679. The van der Waals surface area contributed by atoms with E-state index in [1.165, 1.54) is 0 Å². The van der Waals surface area contributed by atoms with Gasteiger partial charge in [0.15, 0.2) is 5.76 Å². The molecule has 25 heavy (non-hydrogen) atoms. The van der Waals surface area contributed by atoms with Crippen molar-refractivity contribution in [3.63, 3.8) is 0 Å². The van der Waals surface area contributed by atoms with Crippen LogP contribution in [-0.2, 0) is 4.74 Å². The zero-order valence-electron chi connectivity index (χ0n) is 13.9. The van der Waals surface area contributed by atoms with Gasteiger partial charge in [0.1, 0.15) is 17.3 Å². The number of ether oxygens (including phenoxy) is 1. The number of pyridine rings is 2. The summed E-state index contributed by atoms with van der Waals surface area (Å²) in [6.07, 6.45) is 3.23. The van der Waals surface area contributed by atoms with E-state index >= 15 is 0 Å². The van der Waals surface area contributed by atoms with Crippen molar-refractivity contribution < 1.29 is 9.15 Å². The van der Waals surface area contributed by atoms with Crippen molar-refractivity contribution in [2.24, 2.45) is 0 Å². The first-order valence-corrected chi connectivity index (χ1v) is 8.05. The van der Waals surface area contributed by atoms with Gasteiger partial charge in [-0.05, 0) is 24.3 Å². The number of anilines is 3. The van der Waals surface area contributed by atoms with E-state index in [1.807, 2.05) is 30.1 Å². The summed E-state index contributed by atoms with van der Waals surface area (Å²) in [4.78, 5) is 14.9. The second kappa shape index (κ2) is 7.96. The number of hydrogen-bond acceptors (Lipinski definition) is 7. The molecule has 0 spiro atoms. The van der Waals surface area contributed by atoms with Crippen molar-refractivity contribution in [2.45, 2.75) is 0 Å². The van der Waals surface area contributed by atoms with E-state index in [0.29, 0.717) is 47.3 Å². The van der Waals surface area contributed by atoms with Crippen LogP contribution in [0.2, 0.25) is 5.02 Å². The van der Waals surface area contributed by atoms with Crippen LogP contribution in [0.15, 0.2) is 47.1 Å². The topological polar surface area (TPSA) is 76.3 Å². The molecule has 7 nitrogen and oxygen atoms in total. The lowest BCUT2D eigenvalue weighted by Gasteiger charge is -2.13. The van der Waals surface area contributed by atoms with Crippen molar-refractivity contribution >= 4 is 29.3 Å². The van der Waals surface area contributed by atoms with Gasteiger partial charge in [-0.1, -0.05) is 17.7 Å². The van der Waals surface area contributed by atoms with Gasteiger partial charge in [-0.25, -0.2) is 15.0 Å². The third kappa shape index (κ3) is 4.46. The van der Waals surface area contributed by atoms with Crippen LogP contribution < -0.4 is 10.2 Å². The molecule has 0 aliphatic carbocycles. The highest BCUT2D eigenvalue weighted by molar-refractivity contribution is 6.30. The third-order valence-corrected chi connectivity index (χ3v) is 3.66. The predicted molar refractivity (Wildman–Crippen MR) is 97.4 cm³/mol. The average Bonchev–Trinajstić information content (AvgIpc) is 3.12. The number of nitrogens with one attached hydrogen (secondary N) is 1. The van der Waals surface area contributed by atoms with Crippen LogP contribution in [0.25, 0.3) is 11.5 Å². The van der Waals surface area contributed by atoms with Crippen molar-refractivity contribution in [1.82, 2.24) is 15.0 Å². The van der Waals surface area contributed by atoms with Gasteiger partial charge in [0.25, 0.3) is 6.01 Å². The van der Waals surface area contributed by atoms with Gasteiger partial charge in [-0.3, -0.25) is 0 Å². The normalized spacial score (nSPS) is 10.7. The number of halogens is 1. The Morgan fingerprint density at radius 3 is 2.80 bits per heavy atom. The summed E-state index contributed by atoms with van der Waals surface area (Å²) in [5.74, 6) is 1.90. The van der Waals surface area contributed by atoms with Gasteiger partial charge >= 0.3 is 0 Å². The van der Waals surface area contributed by atoms with E-state index in [1.54, 1.807) is 31.6 Å². The maximum absolute atomic E-state index is 5.84. The third-order valence-electron chi connectivity index (χ3n) is 3.44. The largest absolute Gasteiger partial charge is 0.422 e. The first-order valence-electron chi connectivity index (χ1n) is 7.67.